The number of Topliss-reactive ketones (excluding diaryl/α,β-unsaturated/α-hetero) is 1. The number of ketones is 1. The van der Waals surface area contributed by atoms with E-state index in [1.807, 2.05) is 13.0 Å². The quantitative estimate of drug-likeness (QED) is 0.175. The molecule has 1 aromatic carbocycles. The van der Waals surface area contributed by atoms with Crippen molar-refractivity contribution in [2.45, 2.75) is 51.4 Å². The number of hydrogen-bond donors (Lipinski definition) is 1. The van der Waals surface area contributed by atoms with E-state index in [2.05, 4.69) is 15.0 Å². The second kappa shape index (κ2) is 13.6. The van der Waals surface area contributed by atoms with Gasteiger partial charge in [-0.15, -0.1) is 0 Å². The minimum absolute atomic E-state index is 0.00129. The van der Waals surface area contributed by atoms with Crippen LogP contribution in [0.2, 0.25) is 0 Å². The number of carbonyl (C=O) groups is 2. The van der Waals surface area contributed by atoms with E-state index >= 15 is 0 Å². The first-order valence-corrected chi connectivity index (χ1v) is 13.0. The number of alkyl halides is 6. The maximum absolute atomic E-state index is 13.6. The zero-order valence-electron chi connectivity index (χ0n) is 22.5. The van der Waals surface area contributed by atoms with Gasteiger partial charge >= 0.3 is 18.3 Å². The second-order valence-electron chi connectivity index (χ2n) is 9.64. The van der Waals surface area contributed by atoms with Crippen molar-refractivity contribution >= 4 is 17.4 Å². The lowest BCUT2D eigenvalue weighted by Gasteiger charge is -2.16. The number of allylic oxidation sites excluding steroid dienone is 6. The molecular formula is C30H30F6N2O3. The highest BCUT2D eigenvalue weighted by atomic mass is 19.4. The third kappa shape index (κ3) is 9.06. The van der Waals surface area contributed by atoms with Crippen LogP contribution in [0.1, 0.15) is 55.1 Å². The first-order valence-electron chi connectivity index (χ1n) is 13.0. The summed E-state index contributed by atoms with van der Waals surface area (Å²) in [4.78, 5) is 28.9. The molecule has 1 aliphatic carbocycles. The van der Waals surface area contributed by atoms with Crippen LogP contribution in [0.25, 0.3) is 11.1 Å². The highest BCUT2D eigenvalue weighted by Crippen LogP contribution is 2.38. The predicted molar refractivity (Wildman–Crippen MR) is 143 cm³/mol. The summed E-state index contributed by atoms with van der Waals surface area (Å²) in [5.74, 6) is -1.04. The van der Waals surface area contributed by atoms with Gasteiger partial charge in [0.1, 0.15) is 5.69 Å². The molecule has 0 saturated heterocycles. The number of anilines is 1. The van der Waals surface area contributed by atoms with Gasteiger partial charge in [-0.05, 0) is 42.9 Å². The molecular weight excluding hydrogens is 550 g/mol. The van der Waals surface area contributed by atoms with Crippen molar-refractivity contribution in [3.05, 3.63) is 83.2 Å². The molecule has 11 heteroatoms. The van der Waals surface area contributed by atoms with Crippen molar-refractivity contribution < 1.29 is 40.7 Å². The second-order valence-corrected chi connectivity index (χ2v) is 9.64. The molecule has 0 spiro atoms. The zero-order chi connectivity index (χ0) is 30.2. The van der Waals surface area contributed by atoms with Gasteiger partial charge in [0, 0.05) is 24.7 Å². The SMILES string of the molecule is COC(=O)CCNc1cc(-c2ccccc2C(F)(F)F)cnc1C(=O)CCCC1=CC(C)CC=C(C(F)(F)F)C=C1. The molecule has 1 unspecified atom stereocenters. The Morgan fingerprint density at radius 2 is 1.78 bits per heavy atom. The minimum Gasteiger partial charge on any atom is -0.469 e. The number of benzene rings is 1. The summed E-state index contributed by atoms with van der Waals surface area (Å²) in [7, 11) is 1.22. The van der Waals surface area contributed by atoms with E-state index in [1.165, 1.54) is 43.6 Å². The van der Waals surface area contributed by atoms with Crippen LogP contribution >= 0.6 is 0 Å². The molecule has 0 aliphatic heterocycles. The van der Waals surface area contributed by atoms with Crippen LogP contribution < -0.4 is 5.32 Å². The smallest absolute Gasteiger partial charge is 0.417 e. The Kier molecular flexibility index (Phi) is 10.5. The minimum atomic E-state index is -4.61. The number of rotatable bonds is 10. The molecule has 1 heterocycles. The number of aromatic nitrogens is 1. The van der Waals surface area contributed by atoms with E-state index in [0.717, 1.165) is 18.2 Å². The first-order chi connectivity index (χ1) is 19.3. The van der Waals surface area contributed by atoms with Gasteiger partial charge in [0.25, 0.3) is 0 Å². The van der Waals surface area contributed by atoms with Crippen molar-refractivity contribution in [2.75, 3.05) is 19.0 Å². The number of carbonyl (C=O) groups excluding carboxylic acids is 2. The molecule has 0 fully saturated rings. The molecule has 41 heavy (non-hydrogen) atoms. The molecule has 1 N–H and O–H groups in total. The first kappa shape index (κ1) is 31.6. The molecule has 1 atom stereocenters. The third-order valence-electron chi connectivity index (χ3n) is 6.45. The Morgan fingerprint density at radius 1 is 1.05 bits per heavy atom. The Hall–Kier alpha value is -3.89. The van der Waals surface area contributed by atoms with E-state index in [9.17, 15) is 35.9 Å². The van der Waals surface area contributed by atoms with Crippen molar-refractivity contribution in [2.24, 2.45) is 5.92 Å². The molecule has 0 bridgehead atoms. The van der Waals surface area contributed by atoms with Crippen LogP contribution in [0.3, 0.4) is 0 Å². The lowest BCUT2D eigenvalue weighted by molar-refractivity contribution is -0.140. The topological polar surface area (TPSA) is 68.3 Å². The van der Waals surface area contributed by atoms with Crippen molar-refractivity contribution in [1.29, 1.82) is 0 Å². The van der Waals surface area contributed by atoms with Gasteiger partial charge in [0.15, 0.2) is 5.78 Å². The van der Waals surface area contributed by atoms with Crippen molar-refractivity contribution in [1.82, 2.24) is 4.98 Å². The Balaban J connectivity index is 1.81. The fraction of sp³-hybridized carbons (Fsp3) is 0.367. The molecule has 1 aromatic heterocycles. The van der Waals surface area contributed by atoms with E-state index in [1.54, 1.807) is 0 Å². The number of nitrogens with zero attached hydrogens (tertiary/aromatic N) is 1. The van der Waals surface area contributed by atoms with E-state index in [4.69, 9.17) is 0 Å². The van der Waals surface area contributed by atoms with Crippen molar-refractivity contribution in [3.8, 4) is 11.1 Å². The number of methoxy groups -OCH3 is 1. The van der Waals surface area contributed by atoms with Crippen molar-refractivity contribution in [3.63, 3.8) is 0 Å². The molecule has 0 amide bonds. The van der Waals surface area contributed by atoms with Crippen LogP contribution in [0, 0.1) is 5.92 Å². The van der Waals surface area contributed by atoms with Crippen LogP contribution in [-0.2, 0) is 15.7 Å². The molecule has 0 radical (unpaired) electrons. The molecule has 3 rings (SSSR count). The Morgan fingerprint density at radius 3 is 2.46 bits per heavy atom. The zero-order valence-corrected chi connectivity index (χ0v) is 22.5. The average Bonchev–Trinajstić information content (AvgIpc) is 2.90. The van der Waals surface area contributed by atoms with Gasteiger partial charge in [0.2, 0.25) is 0 Å². The number of halogens is 6. The van der Waals surface area contributed by atoms with Gasteiger partial charge < -0.3 is 10.1 Å². The summed E-state index contributed by atoms with van der Waals surface area (Å²) in [5.41, 5.74) is -0.754. The molecule has 220 valence electrons. The van der Waals surface area contributed by atoms with Crippen LogP contribution in [0.15, 0.2) is 72.0 Å². The highest BCUT2D eigenvalue weighted by molar-refractivity contribution is 6.00. The molecule has 2 aromatic rings. The lowest BCUT2D eigenvalue weighted by atomic mass is 9.95. The fourth-order valence-electron chi connectivity index (χ4n) is 4.37. The molecule has 1 aliphatic rings. The maximum Gasteiger partial charge on any atom is 0.417 e. The number of ether oxygens (including phenoxy) is 1. The Bertz CT molecular complexity index is 1340. The fourth-order valence-corrected chi connectivity index (χ4v) is 4.37. The standard InChI is InChI=1S/C30H30F6N2O3/c1-19-10-12-22(29(31,32)33)13-11-20(16-19)6-5-9-26(39)28-25(37-15-14-27(40)41-2)17-21(18-38-28)23-7-3-4-8-24(23)30(34,35)36/h3-4,7-8,11-13,16-19,37H,5-6,9-10,14-15H2,1-2H3. The number of pyridine rings is 1. The van der Waals surface area contributed by atoms with Gasteiger partial charge in [-0.1, -0.05) is 55.0 Å². The number of hydrogen-bond acceptors (Lipinski definition) is 5. The normalized spacial score (nSPS) is 15.9. The van der Waals surface area contributed by atoms with E-state index in [-0.39, 0.29) is 54.2 Å². The number of nitrogens with one attached hydrogen (secondary N) is 1. The lowest BCUT2D eigenvalue weighted by Crippen LogP contribution is -2.14. The highest BCUT2D eigenvalue weighted by Gasteiger charge is 2.34. The molecule has 0 saturated carbocycles. The van der Waals surface area contributed by atoms with Gasteiger partial charge in [-0.25, -0.2) is 0 Å². The van der Waals surface area contributed by atoms with Gasteiger partial charge in [-0.2, -0.15) is 26.3 Å². The van der Waals surface area contributed by atoms with E-state index in [0.29, 0.717) is 18.4 Å². The summed E-state index contributed by atoms with van der Waals surface area (Å²) in [6.45, 7) is 1.85. The van der Waals surface area contributed by atoms with Gasteiger partial charge in [0.05, 0.1) is 30.4 Å². The van der Waals surface area contributed by atoms with Gasteiger partial charge in [-0.3, -0.25) is 14.6 Å². The monoisotopic (exact) mass is 580 g/mol. The maximum atomic E-state index is 13.6. The average molecular weight is 581 g/mol. The summed E-state index contributed by atoms with van der Waals surface area (Å²) in [6, 6.07) is 6.37. The largest absolute Gasteiger partial charge is 0.469 e. The third-order valence-corrected chi connectivity index (χ3v) is 6.45. The predicted octanol–water partition coefficient (Wildman–Crippen LogP) is 8.11. The molecule has 5 nitrogen and oxygen atoms in total. The summed E-state index contributed by atoms with van der Waals surface area (Å²) >= 11 is 0. The Labute approximate surface area is 234 Å². The number of esters is 1. The van der Waals surface area contributed by atoms with E-state index < -0.39 is 35.2 Å². The summed E-state index contributed by atoms with van der Waals surface area (Å²) < 4.78 is 85.0. The van der Waals surface area contributed by atoms with Crippen LogP contribution in [-0.4, -0.2) is 36.6 Å². The van der Waals surface area contributed by atoms with Crippen LogP contribution in [0.5, 0.6) is 0 Å². The van der Waals surface area contributed by atoms with Crippen LogP contribution in [0.4, 0.5) is 32.0 Å². The summed E-state index contributed by atoms with van der Waals surface area (Å²) in [5, 5.41) is 2.91. The summed E-state index contributed by atoms with van der Waals surface area (Å²) in [6.07, 6.45) is -1.57.